The topological polar surface area (TPSA) is 3.24 Å². The fourth-order valence-corrected chi connectivity index (χ4v) is 9.68. The SMILES string of the molecule is CC(Br)CCCCc1ccsc1-c1ccc(N(c2ccc3c(c2)C(C)(C)c2ccccc2-3)c2ccc3c(c2)C(C)(C)c2ccccc2-3)cc1. The number of nitrogens with zero attached hydrogens (tertiary/aromatic N) is 1. The molecule has 49 heavy (non-hydrogen) atoms. The third kappa shape index (κ3) is 5.50. The summed E-state index contributed by atoms with van der Waals surface area (Å²) in [7, 11) is 0. The van der Waals surface area contributed by atoms with Crippen molar-refractivity contribution in [3.8, 4) is 32.7 Å². The molecule has 0 saturated heterocycles. The standard InChI is InChI=1S/C46H44BrNS/c1-30(47)12-6-7-13-31-26-27-49-44(31)32-18-20-33(21-19-32)48(34-22-24-38-36-14-8-10-16-40(36)45(2,3)42(38)28-34)35-23-25-39-37-15-9-11-17-41(37)46(4,5)43(39)29-35/h8-11,14-30H,6-7,12-13H2,1-5H3. The number of anilines is 3. The van der Waals surface area contributed by atoms with Gasteiger partial charge in [0.2, 0.25) is 0 Å². The second-order valence-electron chi connectivity index (χ2n) is 15.0. The molecule has 2 aliphatic rings. The van der Waals surface area contributed by atoms with Crippen molar-refractivity contribution in [3.63, 3.8) is 0 Å². The van der Waals surface area contributed by atoms with Crippen LogP contribution in [-0.4, -0.2) is 4.83 Å². The first-order valence-electron chi connectivity index (χ1n) is 17.7. The number of fused-ring (bicyclic) bond motifs is 6. The van der Waals surface area contributed by atoms with Crippen LogP contribution in [0.2, 0.25) is 0 Å². The molecule has 0 radical (unpaired) electrons. The quantitative estimate of drug-likeness (QED) is 0.106. The first-order valence-corrected chi connectivity index (χ1v) is 19.5. The Morgan fingerprint density at radius 2 is 1.10 bits per heavy atom. The number of aryl methyl sites for hydroxylation is 1. The van der Waals surface area contributed by atoms with Crippen molar-refractivity contribution in [3.05, 3.63) is 148 Å². The highest BCUT2D eigenvalue weighted by Gasteiger charge is 2.37. The van der Waals surface area contributed by atoms with Crippen molar-refractivity contribution < 1.29 is 0 Å². The number of thiophene rings is 1. The summed E-state index contributed by atoms with van der Waals surface area (Å²) < 4.78 is 0. The van der Waals surface area contributed by atoms with Crippen molar-refractivity contribution in [2.24, 2.45) is 0 Å². The van der Waals surface area contributed by atoms with Gasteiger partial charge in [0.1, 0.15) is 0 Å². The largest absolute Gasteiger partial charge is 0.310 e. The monoisotopic (exact) mass is 721 g/mol. The zero-order chi connectivity index (χ0) is 33.9. The summed E-state index contributed by atoms with van der Waals surface area (Å²) in [5, 5.41) is 2.26. The predicted molar refractivity (Wildman–Crippen MR) is 216 cm³/mol. The minimum atomic E-state index is -0.0683. The van der Waals surface area contributed by atoms with Gasteiger partial charge in [-0.1, -0.05) is 130 Å². The lowest BCUT2D eigenvalue weighted by atomic mass is 9.82. The Balaban J connectivity index is 1.21. The zero-order valence-electron chi connectivity index (χ0n) is 29.2. The minimum absolute atomic E-state index is 0.0683. The summed E-state index contributed by atoms with van der Waals surface area (Å²) in [4.78, 5) is 4.46. The molecule has 8 rings (SSSR count). The summed E-state index contributed by atoms with van der Waals surface area (Å²) in [6.45, 7) is 11.7. The fraction of sp³-hybridized carbons (Fsp3) is 0.261. The van der Waals surface area contributed by atoms with Crippen LogP contribution in [0, 0.1) is 0 Å². The lowest BCUT2D eigenvalue weighted by molar-refractivity contribution is 0.660. The van der Waals surface area contributed by atoms with E-state index in [9.17, 15) is 0 Å². The predicted octanol–water partition coefficient (Wildman–Crippen LogP) is 14.0. The summed E-state index contributed by atoms with van der Waals surface area (Å²) in [6.07, 6.45) is 4.83. The van der Waals surface area contributed by atoms with E-state index in [-0.39, 0.29) is 10.8 Å². The van der Waals surface area contributed by atoms with Gasteiger partial charge in [0.15, 0.2) is 0 Å². The highest BCUT2D eigenvalue weighted by atomic mass is 79.9. The maximum atomic E-state index is 3.71. The number of halogens is 1. The van der Waals surface area contributed by atoms with E-state index in [1.165, 1.54) is 96.8 Å². The van der Waals surface area contributed by atoms with Gasteiger partial charge in [0, 0.05) is 37.6 Å². The number of hydrogen-bond donors (Lipinski definition) is 0. The van der Waals surface area contributed by atoms with Gasteiger partial charge in [-0.25, -0.2) is 0 Å². The van der Waals surface area contributed by atoms with Gasteiger partial charge in [-0.05, 0) is 123 Å². The molecule has 0 amide bonds. The minimum Gasteiger partial charge on any atom is -0.310 e. The molecule has 246 valence electrons. The molecule has 0 fully saturated rings. The highest BCUT2D eigenvalue weighted by molar-refractivity contribution is 9.09. The Morgan fingerprint density at radius 1 is 0.592 bits per heavy atom. The average molecular weight is 723 g/mol. The number of rotatable bonds is 9. The molecule has 3 heteroatoms. The van der Waals surface area contributed by atoms with E-state index in [1.54, 1.807) is 0 Å². The van der Waals surface area contributed by atoms with E-state index >= 15 is 0 Å². The fourth-order valence-electron chi connectivity index (χ4n) is 8.40. The third-order valence-corrected chi connectivity index (χ3v) is 12.5. The Bertz CT molecular complexity index is 2060. The van der Waals surface area contributed by atoms with E-state index in [0.29, 0.717) is 4.83 Å². The molecule has 1 heterocycles. The molecule has 0 bridgehead atoms. The van der Waals surface area contributed by atoms with Crippen LogP contribution in [0.25, 0.3) is 32.7 Å². The molecular formula is C46H44BrNS. The molecule has 1 aromatic heterocycles. The number of unbranched alkanes of at least 4 members (excludes halogenated alkanes) is 1. The second-order valence-corrected chi connectivity index (χ2v) is 17.5. The summed E-state index contributed by atoms with van der Waals surface area (Å²) in [6, 6.07) is 43.7. The normalized spacial score (nSPS) is 15.3. The molecule has 5 aromatic carbocycles. The van der Waals surface area contributed by atoms with Gasteiger partial charge in [-0.2, -0.15) is 0 Å². The van der Waals surface area contributed by atoms with Gasteiger partial charge in [-0.3, -0.25) is 0 Å². The van der Waals surface area contributed by atoms with Gasteiger partial charge < -0.3 is 4.90 Å². The van der Waals surface area contributed by atoms with Crippen molar-refractivity contribution in [1.29, 1.82) is 0 Å². The van der Waals surface area contributed by atoms with E-state index in [1.807, 2.05) is 11.3 Å². The molecule has 0 saturated carbocycles. The molecule has 1 atom stereocenters. The van der Waals surface area contributed by atoms with Crippen LogP contribution in [-0.2, 0) is 17.3 Å². The van der Waals surface area contributed by atoms with Gasteiger partial charge in [0.05, 0.1) is 0 Å². The Kier molecular flexibility index (Phi) is 8.20. The van der Waals surface area contributed by atoms with E-state index < -0.39 is 0 Å². The van der Waals surface area contributed by atoms with Crippen LogP contribution in [0.4, 0.5) is 17.1 Å². The Hall–Kier alpha value is -3.92. The number of alkyl halides is 1. The van der Waals surface area contributed by atoms with E-state index in [4.69, 9.17) is 0 Å². The van der Waals surface area contributed by atoms with Gasteiger partial charge >= 0.3 is 0 Å². The lowest BCUT2D eigenvalue weighted by Gasteiger charge is -2.30. The van der Waals surface area contributed by atoms with Gasteiger partial charge in [0.25, 0.3) is 0 Å². The Labute approximate surface area is 304 Å². The number of hydrogen-bond acceptors (Lipinski definition) is 2. The van der Waals surface area contributed by atoms with Crippen LogP contribution in [0.3, 0.4) is 0 Å². The van der Waals surface area contributed by atoms with Crippen LogP contribution in [0.1, 0.15) is 81.7 Å². The van der Waals surface area contributed by atoms with Crippen LogP contribution in [0.5, 0.6) is 0 Å². The molecule has 6 aromatic rings. The molecule has 1 unspecified atom stereocenters. The van der Waals surface area contributed by atoms with E-state index in [2.05, 4.69) is 176 Å². The number of benzene rings is 5. The smallest absolute Gasteiger partial charge is 0.0465 e. The maximum absolute atomic E-state index is 3.71. The van der Waals surface area contributed by atoms with Crippen LogP contribution < -0.4 is 4.90 Å². The van der Waals surface area contributed by atoms with Crippen LogP contribution >= 0.6 is 27.3 Å². The molecule has 0 N–H and O–H groups in total. The van der Waals surface area contributed by atoms with Crippen molar-refractivity contribution >= 4 is 44.3 Å². The van der Waals surface area contributed by atoms with Crippen LogP contribution in [0.15, 0.2) is 121 Å². The average Bonchev–Trinajstić information content (AvgIpc) is 3.74. The van der Waals surface area contributed by atoms with Crippen molar-refractivity contribution in [1.82, 2.24) is 0 Å². The Morgan fingerprint density at radius 3 is 1.65 bits per heavy atom. The first-order chi connectivity index (χ1) is 23.6. The third-order valence-electron chi connectivity index (χ3n) is 11.1. The maximum Gasteiger partial charge on any atom is 0.0465 e. The lowest BCUT2D eigenvalue weighted by Crippen LogP contribution is -2.18. The van der Waals surface area contributed by atoms with Crippen molar-refractivity contribution in [2.45, 2.75) is 76.0 Å². The van der Waals surface area contributed by atoms with E-state index in [0.717, 1.165) is 6.42 Å². The molecule has 0 spiro atoms. The highest BCUT2D eigenvalue weighted by Crippen LogP contribution is 2.53. The summed E-state index contributed by atoms with van der Waals surface area (Å²) in [5.74, 6) is 0. The molecule has 1 nitrogen and oxygen atoms in total. The summed E-state index contributed by atoms with van der Waals surface area (Å²) in [5.41, 5.74) is 17.2. The first kappa shape index (κ1) is 32.3. The molecule has 2 aliphatic carbocycles. The zero-order valence-corrected chi connectivity index (χ0v) is 31.6. The second kappa shape index (κ2) is 12.4. The molecule has 0 aliphatic heterocycles. The summed E-state index contributed by atoms with van der Waals surface area (Å²) >= 11 is 5.57. The van der Waals surface area contributed by atoms with Crippen molar-refractivity contribution in [2.75, 3.05) is 4.90 Å². The molecular weight excluding hydrogens is 678 g/mol. The van der Waals surface area contributed by atoms with Gasteiger partial charge in [-0.15, -0.1) is 11.3 Å².